The van der Waals surface area contributed by atoms with Gasteiger partial charge in [-0.1, -0.05) is 133 Å². The molecule has 8 aromatic carbocycles. The minimum absolute atomic E-state index is 0.112. The molecule has 0 saturated heterocycles. The molecular formula is C57H57N3O5. The van der Waals surface area contributed by atoms with Crippen molar-refractivity contribution in [2.24, 2.45) is 0 Å². The van der Waals surface area contributed by atoms with Crippen molar-refractivity contribution in [1.82, 2.24) is 15.5 Å². The molecule has 0 bridgehead atoms. The summed E-state index contributed by atoms with van der Waals surface area (Å²) in [6.07, 6.45) is 2.50. The zero-order chi connectivity index (χ0) is 46.6. The molecule has 0 aliphatic heterocycles. The predicted octanol–water partition coefficient (Wildman–Crippen LogP) is 11.0. The van der Waals surface area contributed by atoms with Crippen LogP contribution in [0.5, 0.6) is 17.2 Å². The Hall–Kier alpha value is -7.16. The summed E-state index contributed by atoms with van der Waals surface area (Å²) in [5.41, 5.74) is 4.27. The molecule has 2 N–H and O–H groups in total. The Morgan fingerprint density at radius 1 is 0.631 bits per heavy atom. The number of aryl methyl sites for hydroxylation is 1. The van der Waals surface area contributed by atoms with E-state index in [0.29, 0.717) is 35.8 Å². The quantitative estimate of drug-likeness (QED) is 0.0552. The first-order valence-electron chi connectivity index (χ1n) is 23.4. The molecule has 0 heterocycles. The number of benzene rings is 8. The normalized spacial score (nSPS) is 12.3. The van der Waals surface area contributed by atoms with Gasteiger partial charge in [0.05, 0.1) is 36.0 Å². The first kappa shape index (κ1) is 41.8. The zero-order valence-electron chi connectivity index (χ0n) is 39.1. The summed E-state index contributed by atoms with van der Waals surface area (Å²) >= 11 is 0. The van der Waals surface area contributed by atoms with E-state index in [1.54, 1.807) is 44.6 Å². The Balaban J connectivity index is 0.881. The van der Waals surface area contributed by atoms with E-state index in [4.69, 9.17) is 17.0 Å². The van der Waals surface area contributed by atoms with Gasteiger partial charge in [-0.25, -0.2) is 0 Å². The van der Waals surface area contributed by atoms with Gasteiger partial charge in [0.15, 0.2) is 0 Å². The van der Waals surface area contributed by atoms with E-state index >= 15 is 0 Å². The van der Waals surface area contributed by atoms with Crippen molar-refractivity contribution in [2.45, 2.75) is 44.6 Å². The van der Waals surface area contributed by atoms with Gasteiger partial charge in [-0.2, -0.15) is 0 Å². The van der Waals surface area contributed by atoms with E-state index in [1.807, 2.05) is 78.9 Å². The highest BCUT2D eigenvalue weighted by Gasteiger charge is 2.22. The summed E-state index contributed by atoms with van der Waals surface area (Å²) in [6, 6.07) is 54.8. The second-order valence-electron chi connectivity index (χ2n) is 16.2. The van der Waals surface area contributed by atoms with Crippen LogP contribution in [0.4, 0.5) is 0 Å². The van der Waals surface area contributed by atoms with Crippen molar-refractivity contribution in [3.8, 4) is 17.2 Å². The van der Waals surface area contributed by atoms with Crippen molar-refractivity contribution < 1.29 is 26.5 Å². The van der Waals surface area contributed by atoms with Crippen LogP contribution >= 0.6 is 0 Å². The number of fused-ring (bicyclic) bond motifs is 3. The van der Waals surface area contributed by atoms with Crippen molar-refractivity contribution >= 4 is 44.1 Å². The van der Waals surface area contributed by atoms with Gasteiger partial charge >= 0.3 is 0 Å². The second kappa shape index (κ2) is 22.0. The summed E-state index contributed by atoms with van der Waals surface area (Å²) < 4.78 is 35.6. The van der Waals surface area contributed by atoms with Crippen LogP contribution in [0.15, 0.2) is 170 Å². The number of nitrogens with one attached hydrogen (secondary N) is 2. The van der Waals surface area contributed by atoms with Crippen LogP contribution in [0.3, 0.4) is 0 Å². The number of hydrogen-bond acceptors (Lipinski definition) is 6. The fourth-order valence-corrected chi connectivity index (χ4v) is 8.44. The van der Waals surface area contributed by atoms with Gasteiger partial charge in [-0.15, -0.1) is 0 Å². The number of methoxy groups -OCH3 is 2. The van der Waals surface area contributed by atoms with E-state index in [0.717, 1.165) is 46.8 Å². The van der Waals surface area contributed by atoms with Gasteiger partial charge in [-0.05, 0) is 111 Å². The van der Waals surface area contributed by atoms with Crippen molar-refractivity contribution in [3.63, 3.8) is 0 Å². The number of carbonyl (C=O) groups excluding carboxylic acids is 2. The molecule has 0 aliphatic rings. The van der Waals surface area contributed by atoms with Crippen LogP contribution in [0.2, 0.25) is 0 Å². The minimum Gasteiger partial charge on any atom is -0.497 e. The molecule has 0 saturated carbocycles. The van der Waals surface area contributed by atoms with Gasteiger partial charge in [0.1, 0.15) is 17.2 Å². The summed E-state index contributed by atoms with van der Waals surface area (Å²) in [5.74, 6) is 1.39. The highest BCUT2D eigenvalue weighted by Crippen LogP contribution is 2.34. The van der Waals surface area contributed by atoms with Gasteiger partial charge in [0.2, 0.25) is 11.8 Å². The van der Waals surface area contributed by atoms with Gasteiger partial charge < -0.3 is 29.7 Å². The molecule has 0 spiro atoms. The molecular weight excluding hydrogens is 807 g/mol. The Labute approximate surface area is 385 Å². The molecule has 8 rings (SSSR count). The Morgan fingerprint density at radius 3 is 2.03 bits per heavy atom. The number of amides is 2. The van der Waals surface area contributed by atoms with E-state index in [-0.39, 0.29) is 37.8 Å². The highest BCUT2D eigenvalue weighted by molar-refractivity contribution is 6.02. The van der Waals surface area contributed by atoms with E-state index in [9.17, 15) is 9.59 Å². The topological polar surface area (TPSA) is 89.1 Å². The van der Waals surface area contributed by atoms with Crippen LogP contribution in [-0.4, -0.2) is 57.2 Å². The second-order valence-corrected chi connectivity index (χ2v) is 16.2. The Kier molecular flexibility index (Phi) is 14.1. The summed E-state index contributed by atoms with van der Waals surface area (Å²) in [5, 5.41) is 13.9. The fraction of sp³-hybridized carbons (Fsp3) is 0.228. The maximum atomic E-state index is 13.9. The molecule has 0 radical (unpaired) electrons. The lowest BCUT2D eigenvalue weighted by atomic mass is 9.94. The summed E-state index contributed by atoms with van der Waals surface area (Å²) in [4.78, 5) is 28.9. The number of nitrogens with zero attached hydrogens (tertiary/aromatic N) is 1. The molecule has 330 valence electrons. The predicted molar refractivity (Wildman–Crippen MR) is 263 cm³/mol. The number of hydrogen-bond donors (Lipinski definition) is 2. The fourth-order valence-electron chi connectivity index (χ4n) is 8.44. The average molecular weight is 866 g/mol. The summed E-state index contributed by atoms with van der Waals surface area (Å²) in [6.45, 7) is -0.366. The maximum Gasteiger partial charge on any atom is 0.225 e. The largest absolute Gasteiger partial charge is 0.497 e. The Morgan fingerprint density at radius 2 is 1.31 bits per heavy atom. The molecule has 8 nitrogen and oxygen atoms in total. The first-order valence-corrected chi connectivity index (χ1v) is 22.4. The molecule has 1 unspecified atom stereocenters. The molecule has 8 aromatic rings. The first-order chi connectivity index (χ1) is 32.7. The zero-order valence-corrected chi connectivity index (χ0v) is 37.1. The average Bonchev–Trinajstić information content (AvgIpc) is 3.36. The molecule has 2 amide bonds. The van der Waals surface area contributed by atoms with Gasteiger partial charge in [-0.3, -0.25) is 9.59 Å². The monoisotopic (exact) mass is 865 g/mol. The number of ether oxygens (including phenoxy) is 3. The van der Waals surface area contributed by atoms with E-state index < -0.39 is 12.5 Å². The molecule has 0 aromatic heterocycles. The van der Waals surface area contributed by atoms with Crippen molar-refractivity contribution in [3.05, 3.63) is 198 Å². The Bertz CT molecular complexity index is 2890. The lowest BCUT2D eigenvalue weighted by molar-refractivity contribution is -0.132. The minimum atomic E-state index is -2.01. The van der Waals surface area contributed by atoms with Crippen molar-refractivity contribution in [2.75, 3.05) is 40.5 Å². The standard InChI is InChI=1S/C57H57N3O5/c1-63-49-30-31-53(54(39-49)64-2)57(59-55(61)37-42-24-25-43-16-6-7-17-45(43)36-42)44-26-28-48(29-27-44)65-35-13-23-56(62)60(40-41-14-4-3-5-15-41)34-33-58-32-12-22-52-50-20-10-8-18-46(50)38-47-19-9-11-21-51(47)52/h3-11,14-21,24-31,36,38-39,57-58H,12-13,22-23,32-35,37,40H2,1-2H3,(H,59,61)/i40D2. The lowest BCUT2D eigenvalue weighted by Gasteiger charge is -2.23. The van der Waals surface area contributed by atoms with Crippen LogP contribution in [0, 0.1) is 0 Å². The maximum absolute atomic E-state index is 13.9. The van der Waals surface area contributed by atoms with Crippen molar-refractivity contribution in [1.29, 1.82) is 0 Å². The van der Waals surface area contributed by atoms with Crippen LogP contribution in [-0.2, 0) is 28.9 Å². The lowest BCUT2D eigenvalue weighted by Crippen LogP contribution is -2.36. The van der Waals surface area contributed by atoms with Gasteiger partial charge in [0.25, 0.3) is 0 Å². The van der Waals surface area contributed by atoms with Crippen LogP contribution in [0.1, 0.15) is 55.9 Å². The third-order valence-electron chi connectivity index (χ3n) is 11.8. The molecule has 8 heteroatoms. The summed E-state index contributed by atoms with van der Waals surface area (Å²) in [7, 11) is 3.19. The number of rotatable bonds is 21. The smallest absolute Gasteiger partial charge is 0.225 e. The van der Waals surface area contributed by atoms with E-state index in [1.165, 1.54) is 32.0 Å². The molecule has 1 atom stereocenters. The molecule has 0 aliphatic carbocycles. The molecule has 0 fully saturated rings. The van der Waals surface area contributed by atoms with Crippen LogP contribution in [0.25, 0.3) is 32.3 Å². The SMILES string of the molecule is [2H]C([2H])(c1ccccc1)N(CCNCCCc1c2ccccc2cc2ccccc12)C(=O)CCCOc1ccc(C(NC(=O)Cc2ccc3ccccc3c2)c2ccc(OC)cc2OC)cc1. The highest BCUT2D eigenvalue weighted by atomic mass is 16.5. The molecule has 65 heavy (non-hydrogen) atoms. The van der Waals surface area contributed by atoms with E-state index in [2.05, 4.69) is 71.3 Å². The van der Waals surface area contributed by atoms with Gasteiger partial charge in [0, 0.05) is 37.6 Å². The third-order valence-corrected chi connectivity index (χ3v) is 11.8. The third kappa shape index (κ3) is 11.5. The number of carbonyl (C=O) groups is 2. The van der Waals surface area contributed by atoms with Crippen LogP contribution < -0.4 is 24.8 Å².